The fourth-order valence-corrected chi connectivity index (χ4v) is 3.45. The van der Waals surface area contributed by atoms with Crippen LogP contribution in [-0.2, 0) is 17.4 Å². The zero-order chi connectivity index (χ0) is 21.9. The second-order valence-corrected chi connectivity index (χ2v) is 10.4. The van der Waals surface area contributed by atoms with Crippen LogP contribution < -0.4 is 10.1 Å². The number of carbonyl (C=O) groups excluding carboxylic acids is 1. The molecular weight excluding hydrogens is 392 g/mol. The fraction of sp³-hybridized carbons (Fsp3) is 0.360. The maximum Gasteiger partial charge on any atom is 0.278 e. The quantitative estimate of drug-likeness (QED) is 0.513. The molecular formula is C25H30N2O2S. The zero-order valence-electron chi connectivity index (χ0n) is 18.6. The van der Waals surface area contributed by atoms with Gasteiger partial charge in [-0.2, -0.15) is 0 Å². The Morgan fingerprint density at radius 3 is 2.07 bits per heavy atom. The van der Waals surface area contributed by atoms with Gasteiger partial charge in [-0.25, -0.2) is 4.98 Å². The Labute approximate surface area is 183 Å². The Balaban J connectivity index is 1.71. The van der Waals surface area contributed by atoms with E-state index in [1.165, 1.54) is 22.5 Å². The Bertz CT molecular complexity index is 963. The van der Waals surface area contributed by atoms with Gasteiger partial charge >= 0.3 is 0 Å². The second kappa shape index (κ2) is 8.60. The third kappa shape index (κ3) is 5.70. The lowest BCUT2D eigenvalue weighted by molar-refractivity contribution is 0.0950. The first-order valence-corrected chi connectivity index (χ1v) is 11.0. The molecule has 0 radical (unpaired) electrons. The van der Waals surface area contributed by atoms with Crippen molar-refractivity contribution in [2.45, 2.75) is 58.9 Å². The van der Waals surface area contributed by atoms with Gasteiger partial charge in [0, 0.05) is 23.7 Å². The molecule has 0 atom stereocenters. The van der Waals surface area contributed by atoms with Crippen molar-refractivity contribution in [2.75, 3.05) is 0 Å². The number of hydrogen-bond donors (Lipinski definition) is 1. The Kier molecular flexibility index (Phi) is 6.32. The van der Waals surface area contributed by atoms with Crippen molar-refractivity contribution in [1.82, 2.24) is 10.3 Å². The van der Waals surface area contributed by atoms with Crippen LogP contribution >= 0.6 is 11.3 Å². The molecule has 0 bridgehead atoms. The number of carbonyl (C=O) groups is 1. The zero-order valence-corrected chi connectivity index (χ0v) is 19.4. The third-order valence-electron chi connectivity index (χ3n) is 4.92. The molecule has 2 aromatic carbocycles. The number of benzene rings is 2. The van der Waals surface area contributed by atoms with Crippen molar-refractivity contribution in [3.8, 4) is 10.9 Å². The van der Waals surface area contributed by atoms with Crippen LogP contribution in [0.4, 0.5) is 0 Å². The number of hydrogen-bond acceptors (Lipinski definition) is 4. The van der Waals surface area contributed by atoms with Gasteiger partial charge in [0.1, 0.15) is 5.75 Å². The number of aromatic nitrogens is 1. The van der Waals surface area contributed by atoms with Gasteiger partial charge in [-0.1, -0.05) is 71.1 Å². The number of ether oxygens (including phenoxy) is 1. The van der Waals surface area contributed by atoms with Crippen molar-refractivity contribution >= 4 is 17.2 Å². The molecule has 0 spiro atoms. The highest BCUT2D eigenvalue weighted by Crippen LogP contribution is 2.30. The maximum absolute atomic E-state index is 12.9. The summed E-state index contributed by atoms with van der Waals surface area (Å²) in [6.45, 7) is 13.5. The minimum absolute atomic E-state index is 0.0243. The van der Waals surface area contributed by atoms with E-state index in [-0.39, 0.29) is 16.7 Å². The predicted molar refractivity (Wildman–Crippen MR) is 124 cm³/mol. The molecule has 0 saturated heterocycles. The van der Waals surface area contributed by atoms with Crippen molar-refractivity contribution < 1.29 is 9.53 Å². The summed E-state index contributed by atoms with van der Waals surface area (Å²) in [6, 6.07) is 13.9. The Morgan fingerprint density at radius 2 is 1.57 bits per heavy atom. The van der Waals surface area contributed by atoms with Crippen molar-refractivity contribution in [3.63, 3.8) is 0 Å². The predicted octanol–water partition coefficient (Wildman–Crippen LogP) is 6.46. The first-order valence-electron chi connectivity index (χ1n) is 10.1. The molecule has 0 fully saturated rings. The molecule has 158 valence electrons. The highest BCUT2D eigenvalue weighted by molar-refractivity contribution is 7.11. The molecule has 0 saturated carbocycles. The van der Waals surface area contributed by atoms with Crippen LogP contribution in [0.1, 0.15) is 68.6 Å². The van der Waals surface area contributed by atoms with Gasteiger partial charge in [0.2, 0.25) is 0 Å². The van der Waals surface area contributed by atoms with Gasteiger partial charge in [-0.15, -0.1) is 0 Å². The third-order valence-corrected chi connectivity index (χ3v) is 5.57. The summed E-state index contributed by atoms with van der Waals surface area (Å²) in [4.78, 5) is 17.0. The average molecular weight is 423 g/mol. The van der Waals surface area contributed by atoms with Crippen LogP contribution in [0.2, 0.25) is 0 Å². The summed E-state index contributed by atoms with van der Waals surface area (Å²) in [5.74, 6) is 0.669. The Morgan fingerprint density at radius 1 is 0.967 bits per heavy atom. The van der Waals surface area contributed by atoms with Crippen LogP contribution in [0.25, 0.3) is 0 Å². The molecule has 4 nitrogen and oxygen atoms in total. The number of nitrogens with one attached hydrogen (secondary N) is 1. The van der Waals surface area contributed by atoms with E-state index in [0.29, 0.717) is 17.3 Å². The van der Waals surface area contributed by atoms with E-state index in [0.717, 1.165) is 11.3 Å². The van der Waals surface area contributed by atoms with Gasteiger partial charge in [0.05, 0.1) is 0 Å². The molecule has 5 heteroatoms. The number of amides is 1. The van der Waals surface area contributed by atoms with E-state index in [4.69, 9.17) is 4.74 Å². The van der Waals surface area contributed by atoms with E-state index in [1.807, 2.05) is 41.8 Å². The number of nitrogens with zero attached hydrogens (tertiary/aromatic N) is 1. The monoisotopic (exact) mass is 422 g/mol. The van der Waals surface area contributed by atoms with Crippen LogP contribution in [0, 0.1) is 0 Å². The summed E-state index contributed by atoms with van der Waals surface area (Å²) in [6.07, 6.45) is 1.71. The van der Waals surface area contributed by atoms with E-state index < -0.39 is 0 Å². The molecule has 3 aromatic rings. The molecule has 30 heavy (non-hydrogen) atoms. The van der Waals surface area contributed by atoms with Crippen molar-refractivity contribution in [1.29, 1.82) is 0 Å². The topological polar surface area (TPSA) is 51.2 Å². The summed E-state index contributed by atoms with van der Waals surface area (Å²) in [5, 5.41) is 5.54. The van der Waals surface area contributed by atoms with E-state index in [1.54, 1.807) is 6.20 Å². The van der Waals surface area contributed by atoms with Crippen LogP contribution in [0.15, 0.2) is 54.0 Å². The number of rotatable bonds is 5. The molecule has 0 unspecified atom stereocenters. The molecule has 0 aliphatic rings. The number of thiazole rings is 1. The van der Waals surface area contributed by atoms with Crippen LogP contribution in [0.3, 0.4) is 0 Å². The molecule has 1 amide bonds. The second-order valence-electron chi connectivity index (χ2n) is 9.53. The first-order chi connectivity index (χ1) is 14.0. The molecule has 1 N–H and O–H groups in total. The summed E-state index contributed by atoms with van der Waals surface area (Å²) in [7, 11) is 0. The molecule has 3 rings (SSSR count). The van der Waals surface area contributed by atoms with Crippen LogP contribution in [-0.4, -0.2) is 10.9 Å². The summed E-state index contributed by atoms with van der Waals surface area (Å²) < 4.78 is 5.68. The molecule has 0 aliphatic carbocycles. The summed E-state index contributed by atoms with van der Waals surface area (Å²) in [5.41, 5.74) is 4.01. The highest BCUT2D eigenvalue weighted by Gasteiger charge is 2.22. The minimum atomic E-state index is -0.0605. The van der Waals surface area contributed by atoms with Gasteiger partial charge in [0.15, 0.2) is 0 Å². The SMILES string of the molecule is CC(C)(C)c1cc(C(=O)NCc2ccc(Oc3nccs3)cc2)cc(C(C)(C)C)c1. The molecule has 0 aliphatic heterocycles. The van der Waals surface area contributed by atoms with Crippen LogP contribution in [0.5, 0.6) is 10.9 Å². The van der Waals surface area contributed by atoms with E-state index in [2.05, 4.69) is 57.9 Å². The normalized spacial score (nSPS) is 11.9. The summed E-state index contributed by atoms with van der Waals surface area (Å²) >= 11 is 1.45. The lowest BCUT2D eigenvalue weighted by Gasteiger charge is -2.26. The minimum Gasteiger partial charge on any atom is -0.431 e. The smallest absolute Gasteiger partial charge is 0.278 e. The van der Waals surface area contributed by atoms with E-state index in [9.17, 15) is 4.79 Å². The van der Waals surface area contributed by atoms with Gasteiger partial charge in [0.25, 0.3) is 11.1 Å². The average Bonchev–Trinajstić information content (AvgIpc) is 3.18. The highest BCUT2D eigenvalue weighted by atomic mass is 32.1. The van der Waals surface area contributed by atoms with Crippen molar-refractivity contribution in [3.05, 3.63) is 76.3 Å². The maximum atomic E-state index is 12.9. The lowest BCUT2D eigenvalue weighted by atomic mass is 9.79. The van der Waals surface area contributed by atoms with Gasteiger partial charge in [-0.05, 0) is 51.8 Å². The fourth-order valence-electron chi connectivity index (χ4n) is 2.95. The largest absolute Gasteiger partial charge is 0.431 e. The first kappa shape index (κ1) is 22.0. The molecule has 1 heterocycles. The lowest BCUT2D eigenvalue weighted by Crippen LogP contribution is -2.25. The standard InChI is InChI=1S/C25H30N2O2S/c1-24(2,3)19-13-18(14-20(15-19)25(4,5)6)22(28)27-16-17-7-9-21(10-8-17)29-23-26-11-12-30-23/h7-15H,16H2,1-6H3,(H,27,28). The van der Waals surface area contributed by atoms with E-state index >= 15 is 0 Å². The van der Waals surface area contributed by atoms with Crippen molar-refractivity contribution in [2.24, 2.45) is 0 Å². The Hall–Kier alpha value is -2.66. The van der Waals surface area contributed by atoms with Gasteiger partial charge in [-0.3, -0.25) is 4.79 Å². The molecule has 1 aromatic heterocycles. The van der Waals surface area contributed by atoms with Gasteiger partial charge < -0.3 is 10.1 Å².